The summed E-state index contributed by atoms with van der Waals surface area (Å²) in [5.41, 5.74) is 0.268. The van der Waals surface area contributed by atoms with Gasteiger partial charge in [-0.3, -0.25) is 14.9 Å². The van der Waals surface area contributed by atoms with Crippen molar-refractivity contribution in [3.05, 3.63) is 40.2 Å². The van der Waals surface area contributed by atoms with Gasteiger partial charge in [-0.2, -0.15) is 0 Å². The van der Waals surface area contributed by atoms with Gasteiger partial charge < -0.3 is 9.47 Å². The lowest BCUT2D eigenvalue weighted by molar-refractivity contribution is -0.387. The number of hydrogen-bond acceptors (Lipinski definition) is 6. The van der Waals surface area contributed by atoms with Gasteiger partial charge in [-0.15, -0.1) is 10.2 Å². The highest BCUT2D eigenvalue weighted by molar-refractivity contribution is 7.99. The molecular formula is C16H19N5O3S. The quantitative estimate of drug-likeness (QED) is 0.614. The molecule has 8 nitrogen and oxygen atoms in total. The SMILES string of the molecule is Cn1cnnc1Sc1ccc(C(=O)N2CCCCCC2)cc1[N+](=O)[O-]. The average Bonchev–Trinajstić information content (AvgIpc) is 2.85. The van der Waals surface area contributed by atoms with Crippen LogP contribution in [0.15, 0.2) is 34.6 Å². The van der Waals surface area contributed by atoms with Crippen molar-refractivity contribution >= 4 is 23.4 Å². The van der Waals surface area contributed by atoms with Gasteiger partial charge in [0.25, 0.3) is 11.6 Å². The Morgan fingerprint density at radius 1 is 1.24 bits per heavy atom. The van der Waals surface area contributed by atoms with Gasteiger partial charge in [0, 0.05) is 31.8 Å². The van der Waals surface area contributed by atoms with Crippen molar-refractivity contribution in [1.82, 2.24) is 19.7 Å². The van der Waals surface area contributed by atoms with E-state index >= 15 is 0 Å². The van der Waals surface area contributed by atoms with E-state index < -0.39 is 4.92 Å². The number of hydrogen-bond donors (Lipinski definition) is 0. The minimum Gasteiger partial charge on any atom is -0.339 e. The molecule has 9 heteroatoms. The minimum absolute atomic E-state index is 0.0892. The summed E-state index contributed by atoms with van der Waals surface area (Å²) in [5.74, 6) is -0.139. The summed E-state index contributed by atoms with van der Waals surface area (Å²) < 4.78 is 1.69. The summed E-state index contributed by atoms with van der Waals surface area (Å²) in [6.45, 7) is 1.42. The normalized spacial score (nSPS) is 15.0. The number of carbonyl (C=O) groups is 1. The van der Waals surface area contributed by atoms with Crippen molar-refractivity contribution < 1.29 is 9.72 Å². The smallest absolute Gasteiger partial charge is 0.284 e. The average molecular weight is 361 g/mol. The Hall–Kier alpha value is -2.42. The predicted octanol–water partition coefficient (Wildman–Crippen LogP) is 2.89. The molecule has 0 aliphatic carbocycles. The standard InChI is InChI=1S/C16H19N5O3S/c1-19-11-17-18-16(19)25-14-7-6-12(10-13(14)21(23)24)15(22)20-8-4-2-3-5-9-20/h6-7,10-11H,2-5,8-9H2,1H3. The van der Waals surface area contributed by atoms with Gasteiger partial charge in [-0.1, -0.05) is 12.8 Å². The first kappa shape index (κ1) is 17.4. The number of amides is 1. The van der Waals surface area contributed by atoms with E-state index in [0.717, 1.165) is 37.4 Å². The highest BCUT2D eigenvalue weighted by atomic mass is 32.2. The lowest BCUT2D eigenvalue weighted by Crippen LogP contribution is -2.31. The molecule has 1 fully saturated rings. The molecule has 0 saturated carbocycles. The van der Waals surface area contributed by atoms with E-state index in [1.54, 1.807) is 28.6 Å². The lowest BCUT2D eigenvalue weighted by atomic mass is 10.1. The van der Waals surface area contributed by atoms with Crippen LogP contribution in [0.4, 0.5) is 5.69 Å². The Labute approximate surface area is 149 Å². The lowest BCUT2D eigenvalue weighted by Gasteiger charge is -2.20. The highest BCUT2D eigenvalue weighted by Gasteiger charge is 2.23. The molecule has 1 aliphatic rings. The van der Waals surface area contributed by atoms with E-state index in [2.05, 4.69) is 10.2 Å². The van der Waals surface area contributed by atoms with E-state index in [1.165, 1.54) is 12.4 Å². The Morgan fingerprint density at radius 3 is 2.56 bits per heavy atom. The minimum atomic E-state index is -0.460. The molecule has 2 heterocycles. The summed E-state index contributed by atoms with van der Waals surface area (Å²) in [6.07, 6.45) is 5.74. The molecule has 0 bridgehead atoms. The van der Waals surface area contributed by atoms with Crippen LogP contribution in [0, 0.1) is 10.1 Å². The fourth-order valence-corrected chi connectivity index (χ4v) is 3.65. The molecule has 132 valence electrons. The van der Waals surface area contributed by atoms with Crippen LogP contribution in [0.3, 0.4) is 0 Å². The molecule has 1 aromatic heterocycles. The first-order valence-electron chi connectivity index (χ1n) is 8.16. The number of nitro benzene ring substituents is 1. The van der Waals surface area contributed by atoms with E-state index in [9.17, 15) is 14.9 Å². The maximum Gasteiger partial charge on any atom is 0.284 e. The zero-order chi connectivity index (χ0) is 17.8. The van der Waals surface area contributed by atoms with Crippen molar-refractivity contribution in [2.75, 3.05) is 13.1 Å². The highest BCUT2D eigenvalue weighted by Crippen LogP contribution is 2.34. The molecule has 0 radical (unpaired) electrons. The molecule has 2 aromatic rings. The molecule has 1 saturated heterocycles. The van der Waals surface area contributed by atoms with Crippen LogP contribution >= 0.6 is 11.8 Å². The summed E-state index contributed by atoms with van der Waals surface area (Å²) in [4.78, 5) is 25.9. The number of rotatable bonds is 4. The zero-order valence-electron chi connectivity index (χ0n) is 13.9. The van der Waals surface area contributed by atoms with Gasteiger partial charge in [0.05, 0.1) is 9.82 Å². The van der Waals surface area contributed by atoms with Crippen LogP contribution in [0.1, 0.15) is 36.0 Å². The van der Waals surface area contributed by atoms with Gasteiger partial charge in [0.15, 0.2) is 5.16 Å². The second-order valence-corrected chi connectivity index (χ2v) is 6.98. The Balaban J connectivity index is 1.87. The third-order valence-corrected chi connectivity index (χ3v) is 5.28. The molecule has 0 unspecified atom stereocenters. The fourth-order valence-electron chi connectivity index (χ4n) is 2.80. The third kappa shape index (κ3) is 3.98. The molecule has 3 rings (SSSR count). The summed E-state index contributed by atoms with van der Waals surface area (Å²) in [6, 6.07) is 4.63. The van der Waals surface area contributed by atoms with E-state index in [1.807, 2.05) is 0 Å². The van der Waals surface area contributed by atoms with E-state index in [-0.39, 0.29) is 11.6 Å². The zero-order valence-corrected chi connectivity index (χ0v) is 14.7. The largest absolute Gasteiger partial charge is 0.339 e. The van der Waals surface area contributed by atoms with Crippen molar-refractivity contribution in [2.24, 2.45) is 7.05 Å². The number of nitrogens with zero attached hydrogens (tertiary/aromatic N) is 5. The molecule has 0 N–H and O–H groups in total. The van der Waals surface area contributed by atoms with Crippen LogP contribution < -0.4 is 0 Å². The third-order valence-electron chi connectivity index (χ3n) is 4.17. The van der Waals surface area contributed by atoms with Crippen LogP contribution in [-0.2, 0) is 7.05 Å². The van der Waals surface area contributed by atoms with Crippen LogP contribution in [0.25, 0.3) is 0 Å². The second-order valence-electron chi connectivity index (χ2n) is 5.97. The van der Waals surface area contributed by atoms with Crippen molar-refractivity contribution in [2.45, 2.75) is 35.7 Å². The maximum atomic E-state index is 12.7. The molecule has 1 aliphatic heterocycles. The van der Waals surface area contributed by atoms with Crippen molar-refractivity contribution in [3.63, 3.8) is 0 Å². The van der Waals surface area contributed by atoms with Gasteiger partial charge >= 0.3 is 0 Å². The van der Waals surface area contributed by atoms with Crippen molar-refractivity contribution in [1.29, 1.82) is 0 Å². The molecule has 0 atom stereocenters. The van der Waals surface area contributed by atoms with Gasteiger partial charge in [0.2, 0.25) is 0 Å². The van der Waals surface area contributed by atoms with Crippen LogP contribution in [0.5, 0.6) is 0 Å². The predicted molar refractivity (Wildman–Crippen MR) is 92.6 cm³/mol. The Bertz CT molecular complexity index is 784. The first-order chi connectivity index (χ1) is 12.1. The van der Waals surface area contributed by atoms with Crippen LogP contribution in [0.2, 0.25) is 0 Å². The molecular weight excluding hydrogens is 342 g/mol. The topological polar surface area (TPSA) is 94.2 Å². The Kier molecular flexibility index (Phi) is 5.32. The van der Waals surface area contributed by atoms with E-state index in [4.69, 9.17) is 0 Å². The van der Waals surface area contributed by atoms with Crippen molar-refractivity contribution in [3.8, 4) is 0 Å². The van der Waals surface area contributed by atoms with Gasteiger partial charge in [-0.25, -0.2) is 0 Å². The Morgan fingerprint density at radius 2 is 1.96 bits per heavy atom. The summed E-state index contributed by atoms with van der Waals surface area (Å²) >= 11 is 1.16. The van der Waals surface area contributed by atoms with Gasteiger partial charge in [0.1, 0.15) is 6.33 Å². The monoisotopic (exact) mass is 361 g/mol. The maximum absolute atomic E-state index is 12.7. The van der Waals surface area contributed by atoms with Crippen LogP contribution in [-0.4, -0.2) is 43.6 Å². The number of carbonyl (C=O) groups excluding carboxylic acids is 1. The second kappa shape index (κ2) is 7.64. The molecule has 25 heavy (non-hydrogen) atoms. The number of likely N-dealkylation sites (tertiary alicyclic amines) is 1. The molecule has 1 aromatic carbocycles. The molecule has 0 spiro atoms. The van der Waals surface area contributed by atoms with E-state index in [0.29, 0.717) is 28.7 Å². The fraction of sp³-hybridized carbons (Fsp3) is 0.438. The first-order valence-corrected chi connectivity index (χ1v) is 8.97. The summed E-state index contributed by atoms with van der Waals surface area (Å²) in [5, 5.41) is 19.7. The number of aryl methyl sites for hydroxylation is 1. The van der Waals surface area contributed by atoms with Gasteiger partial charge in [-0.05, 0) is 36.7 Å². The molecule has 1 amide bonds. The number of aromatic nitrogens is 3. The number of benzene rings is 1. The number of nitro groups is 1. The summed E-state index contributed by atoms with van der Waals surface area (Å²) in [7, 11) is 1.77.